The van der Waals surface area contributed by atoms with Gasteiger partial charge in [0.2, 0.25) is 5.91 Å². The number of thiazole rings is 1. The number of hydrogen-bond acceptors (Lipinski definition) is 5. The van der Waals surface area contributed by atoms with Crippen molar-refractivity contribution in [2.75, 3.05) is 5.32 Å². The second-order valence-electron chi connectivity index (χ2n) is 6.05. The molecular formula is C15H20N4O2S. The summed E-state index contributed by atoms with van der Waals surface area (Å²) in [6.07, 6.45) is 0. The van der Waals surface area contributed by atoms with Gasteiger partial charge >= 0.3 is 0 Å². The number of hydrazine groups is 1. The van der Waals surface area contributed by atoms with Crippen molar-refractivity contribution in [3.05, 3.63) is 24.3 Å². The summed E-state index contributed by atoms with van der Waals surface area (Å²) in [6.45, 7) is 7.04. The van der Waals surface area contributed by atoms with Gasteiger partial charge in [-0.3, -0.25) is 20.4 Å². The van der Waals surface area contributed by atoms with Gasteiger partial charge in [-0.05, 0) is 19.1 Å². The highest BCUT2D eigenvalue weighted by atomic mass is 32.1. The van der Waals surface area contributed by atoms with E-state index in [1.54, 1.807) is 27.7 Å². The van der Waals surface area contributed by atoms with Gasteiger partial charge in [0.1, 0.15) is 6.04 Å². The number of para-hydroxylation sites is 1. The Hall–Kier alpha value is -2.15. The molecule has 1 aromatic carbocycles. The maximum atomic E-state index is 12.0. The Balaban J connectivity index is 1.92. The minimum atomic E-state index is -0.559. The summed E-state index contributed by atoms with van der Waals surface area (Å²) in [5, 5.41) is 3.71. The molecule has 7 heteroatoms. The summed E-state index contributed by atoms with van der Waals surface area (Å²) in [6, 6.07) is 7.25. The number of benzene rings is 1. The zero-order valence-corrected chi connectivity index (χ0v) is 13.9. The molecule has 0 aliphatic heterocycles. The SMILES string of the molecule is C[C@H](Nc1nc2ccccc2s1)C(=O)NNC(=O)C(C)(C)C. The molecule has 0 spiro atoms. The number of anilines is 1. The van der Waals surface area contributed by atoms with Crippen molar-refractivity contribution in [1.82, 2.24) is 15.8 Å². The molecule has 2 rings (SSSR count). The highest BCUT2D eigenvalue weighted by Crippen LogP contribution is 2.25. The Morgan fingerprint density at radius 2 is 1.86 bits per heavy atom. The first-order chi connectivity index (χ1) is 10.3. The van der Waals surface area contributed by atoms with Gasteiger partial charge in [-0.15, -0.1) is 0 Å². The van der Waals surface area contributed by atoms with Crippen LogP contribution in [0.1, 0.15) is 27.7 Å². The third-order valence-electron chi connectivity index (χ3n) is 3.01. The minimum Gasteiger partial charge on any atom is -0.350 e. The number of rotatable bonds is 3. The van der Waals surface area contributed by atoms with Crippen molar-refractivity contribution < 1.29 is 9.59 Å². The number of nitrogens with one attached hydrogen (secondary N) is 3. The summed E-state index contributed by atoms with van der Waals surface area (Å²) in [5.74, 6) is -0.565. The average Bonchev–Trinajstić information content (AvgIpc) is 2.85. The molecule has 0 radical (unpaired) electrons. The van der Waals surface area contributed by atoms with E-state index in [1.807, 2.05) is 24.3 Å². The fourth-order valence-corrected chi connectivity index (χ4v) is 2.55. The van der Waals surface area contributed by atoms with E-state index >= 15 is 0 Å². The van der Waals surface area contributed by atoms with Crippen LogP contribution in [0.3, 0.4) is 0 Å². The van der Waals surface area contributed by atoms with Crippen molar-refractivity contribution in [1.29, 1.82) is 0 Å². The zero-order valence-electron chi connectivity index (χ0n) is 13.1. The molecular weight excluding hydrogens is 300 g/mol. The Morgan fingerprint density at radius 1 is 1.18 bits per heavy atom. The standard InChI is InChI=1S/C15H20N4O2S/c1-9(12(20)18-19-13(21)15(2,3)4)16-14-17-10-7-5-6-8-11(10)22-14/h5-9H,1-4H3,(H,16,17)(H,18,20)(H,19,21)/t9-/m0/s1. The van der Waals surface area contributed by atoms with Crippen LogP contribution in [0.15, 0.2) is 24.3 Å². The molecule has 0 fully saturated rings. The summed E-state index contributed by atoms with van der Waals surface area (Å²) in [7, 11) is 0. The van der Waals surface area contributed by atoms with Crippen LogP contribution in [-0.2, 0) is 9.59 Å². The van der Waals surface area contributed by atoms with Crippen LogP contribution in [-0.4, -0.2) is 22.8 Å². The predicted molar refractivity (Wildman–Crippen MR) is 88.4 cm³/mol. The number of aromatic nitrogens is 1. The Labute approximate surface area is 133 Å². The number of amides is 2. The second kappa shape index (κ2) is 6.31. The van der Waals surface area contributed by atoms with E-state index in [-0.39, 0.29) is 11.8 Å². The number of hydrogen-bond donors (Lipinski definition) is 3. The lowest BCUT2D eigenvalue weighted by atomic mass is 9.96. The highest BCUT2D eigenvalue weighted by molar-refractivity contribution is 7.22. The summed E-state index contributed by atoms with van der Waals surface area (Å²) in [5.41, 5.74) is 5.17. The van der Waals surface area contributed by atoms with E-state index in [0.29, 0.717) is 5.13 Å². The van der Waals surface area contributed by atoms with E-state index in [4.69, 9.17) is 0 Å². The molecule has 0 unspecified atom stereocenters. The highest BCUT2D eigenvalue weighted by Gasteiger charge is 2.22. The fourth-order valence-electron chi connectivity index (χ4n) is 1.60. The lowest BCUT2D eigenvalue weighted by Gasteiger charge is -2.19. The molecule has 1 aromatic heterocycles. The molecule has 6 nitrogen and oxygen atoms in total. The number of carbonyl (C=O) groups is 2. The zero-order chi connectivity index (χ0) is 16.3. The number of fused-ring (bicyclic) bond motifs is 1. The Morgan fingerprint density at radius 3 is 2.50 bits per heavy atom. The molecule has 22 heavy (non-hydrogen) atoms. The van der Waals surface area contributed by atoms with Crippen LogP contribution in [0, 0.1) is 5.41 Å². The summed E-state index contributed by atoms with van der Waals surface area (Å²) >= 11 is 1.48. The van der Waals surface area contributed by atoms with E-state index in [9.17, 15) is 9.59 Å². The van der Waals surface area contributed by atoms with Crippen molar-refractivity contribution in [2.24, 2.45) is 5.41 Å². The normalized spacial score (nSPS) is 12.7. The number of carbonyl (C=O) groups excluding carboxylic acids is 2. The molecule has 0 aliphatic carbocycles. The van der Waals surface area contributed by atoms with E-state index in [2.05, 4.69) is 21.2 Å². The van der Waals surface area contributed by atoms with Gasteiger partial charge in [0.05, 0.1) is 10.2 Å². The first-order valence-corrected chi connectivity index (χ1v) is 7.81. The first kappa shape index (κ1) is 16.2. The third-order valence-corrected chi connectivity index (χ3v) is 3.98. The van der Waals surface area contributed by atoms with E-state index < -0.39 is 11.5 Å². The molecule has 0 saturated heterocycles. The van der Waals surface area contributed by atoms with E-state index in [1.165, 1.54) is 11.3 Å². The van der Waals surface area contributed by atoms with Gasteiger partial charge in [0.25, 0.3) is 5.91 Å². The van der Waals surface area contributed by atoms with Crippen LogP contribution in [0.2, 0.25) is 0 Å². The number of nitrogens with zero attached hydrogens (tertiary/aromatic N) is 1. The molecule has 2 amide bonds. The molecule has 118 valence electrons. The van der Waals surface area contributed by atoms with Crippen molar-refractivity contribution >= 4 is 38.5 Å². The van der Waals surface area contributed by atoms with Gasteiger partial charge in [-0.25, -0.2) is 4.98 Å². The van der Waals surface area contributed by atoms with Crippen LogP contribution in [0.5, 0.6) is 0 Å². The van der Waals surface area contributed by atoms with Crippen LogP contribution in [0.25, 0.3) is 10.2 Å². The van der Waals surface area contributed by atoms with Crippen LogP contribution < -0.4 is 16.2 Å². The molecule has 0 aliphatic rings. The molecule has 0 saturated carbocycles. The smallest absolute Gasteiger partial charge is 0.260 e. The van der Waals surface area contributed by atoms with Crippen LogP contribution in [0.4, 0.5) is 5.13 Å². The predicted octanol–water partition coefficient (Wildman–Crippen LogP) is 2.29. The molecule has 1 heterocycles. The second-order valence-corrected chi connectivity index (χ2v) is 7.08. The third kappa shape index (κ3) is 3.94. The minimum absolute atomic E-state index is 0.243. The molecule has 1 atom stereocenters. The Bertz CT molecular complexity index is 657. The summed E-state index contributed by atoms with van der Waals surface area (Å²) in [4.78, 5) is 28.1. The van der Waals surface area contributed by atoms with Crippen molar-refractivity contribution in [2.45, 2.75) is 33.7 Å². The lowest BCUT2D eigenvalue weighted by Crippen LogP contribution is -2.50. The van der Waals surface area contributed by atoms with Gasteiger partial charge in [0, 0.05) is 5.41 Å². The van der Waals surface area contributed by atoms with Gasteiger partial charge < -0.3 is 5.32 Å². The maximum Gasteiger partial charge on any atom is 0.260 e. The summed E-state index contributed by atoms with van der Waals surface area (Å²) < 4.78 is 1.05. The maximum absolute atomic E-state index is 12.0. The van der Waals surface area contributed by atoms with Crippen molar-refractivity contribution in [3.8, 4) is 0 Å². The molecule has 3 N–H and O–H groups in total. The molecule has 0 bridgehead atoms. The van der Waals surface area contributed by atoms with Gasteiger partial charge in [0.15, 0.2) is 5.13 Å². The van der Waals surface area contributed by atoms with E-state index in [0.717, 1.165) is 10.2 Å². The van der Waals surface area contributed by atoms with Gasteiger partial charge in [-0.2, -0.15) is 0 Å². The fraction of sp³-hybridized carbons (Fsp3) is 0.400. The largest absolute Gasteiger partial charge is 0.350 e. The topological polar surface area (TPSA) is 83.1 Å². The quantitative estimate of drug-likeness (QED) is 0.758. The van der Waals surface area contributed by atoms with Crippen LogP contribution >= 0.6 is 11.3 Å². The monoisotopic (exact) mass is 320 g/mol. The van der Waals surface area contributed by atoms with Gasteiger partial charge in [-0.1, -0.05) is 44.2 Å². The first-order valence-electron chi connectivity index (χ1n) is 7.00. The molecule has 2 aromatic rings. The Kier molecular flexibility index (Phi) is 4.65. The lowest BCUT2D eigenvalue weighted by molar-refractivity contribution is -0.133. The van der Waals surface area contributed by atoms with Crippen molar-refractivity contribution in [3.63, 3.8) is 0 Å². The average molecular weight is 320 g/mol.